The lowest BCUT2D eigenvalue weighted by molar-refractivity contribution is -0.113. The van der Waals surface area contributed by atoms with Crippen molar-refractivity contribution in [3.63, 3.8) is 0 Å². The summed E-state index contributed by atoms with van der Waals surface area (Å²) in [6, 6.07) is 20.8. The molecule has 33 heavy (non-hydrogen) atoms. The molecule has 7 heteroatoms. The first kappa shape index (κ1) is 21.3. The second-order valence-electron chi connectivity index (χ2n) is 7.78. The lowest BCUT2D eigenvalue weighted by atomic mass is 10.0. The number of carbonyl (C=O) groups excluding carboxylic acids is 1. The van der Waals surface area contributed by atoms with Crippen molar-refractivity contribution in [2.75, 3.05) is 5.32 Å². The molecule has 3 heterocycles. The van der Waals surface area contributed by atoms with E-state index in [1.54, 1.807) is 4.57 Å². The summed E-state index contributed by atoms with van der Waals surface area (Å²) in [5, 5.41) is 4.99. The number of hydrogen-bond donors (Lipinski definition) is 1. The van der Waals surface area contributed by atoms with Crippen molar-refractivity contribution in [2.24, 2.45) is 4.99 Å². The predicted molar refractivity (Wildman–Crippen MR) is 134 cm³/mol. The number of aryl methyl sites for hydroxylation is 1. The highest BCUT2D eigenvalue weighted by Crippen LogP contribution is 2.33. The molecule has 0 radical (unpaired) electrons. The summed E-state index contributed by atoms with van der Waals surface area (Å²) in [5.41, 5.74) is 3.62. The number of rotatable bonds is 4. The molecule has 5 nitrogen and oxygen atoms in total. The first-order chi connectivity index (χ1) is 16.0. The van der Waals surface area contributed by atoms with E-state index in [1.165, 1.54) is 22.7 Å². The summed E-state index contributed by atoms with van der Waals surface area (Å²) in [6.45, 7) is 3.79. The van der Waals surface area contributed by atoms with Crippen LogP contribution in [0.3, 0.4) is 0 Å². The highest BCUT2D eigenvalue weighted by atomic mass is 32.1. The van der Waals surface area contributed by atoms with Gasteiger partial charge >= 0.3 is 0 Å². The van der Waals surface area contributed by atoms with Gasteiger partial charge in [0.1, 0.15) is 6.04 Å². The maximum absolute atomic E-state index is 13.5. The number of anilines is 1. The zero-order chi connectivity index (χ0) is 22.9. The van der Waals surface area contributed by atoms with Crippen LogP contribution in [0.1, 0.15) is 29.0 Å². The van der Waals surface area contributed by atoms with Crippen molar-refractivity contribution in [3.8, 4) is 0 Å². The number of benzene rings is 2. The number of hydrogen-bond acceptors (Lipinski definition) is 5. The molecule has 1 aliphatic rings. The topological polar surface area (TPSA) is 63.5 Å². The number of amides is 1. The Balaban J connectivity index is 1.66. The molecule has 0 bridgehead atoms. The number of thiazole rings is 1. The van der Waals surface area contributed by atoms with Crippen molar-refractivity contribution < 1.29 is 4.79 Å². The number of para-hydroxylation sites is 1. The Morgan fingerprint density at radius 2 is 1.79 bits per heavy atom. The first-order valence-corrected chi connectivity index (χ1v) is 12.2. The number of thiophene rings is 1. The molecular formula is C26H21N3O2S2. The fraction of sp³-hybridized carbons (Fsp3) is 0.115. The highest BCUT2D eigenvalue weighted by Gasteiger charge is 2.33. The van der Waals surface area contributed by atoms with Gasteiger partial charge in [-0.3, -0.25) is 14.2 Å². The number of nitrogens with one attached hydrogen (secondary N) is 1. The second-order valence-corrected chi connectivity index (χ2v) is 9.77. The molecule has 4 aromatic rings. The van der Waals surface area contributed by atoms with Crippen LogP contribution in [0.5, 0.6) is 0 Å². The molecule has 164 valence electrons. The van der Waals surface area contributed by atoms with Crippen LogP contribution in [-0.4, -0.2) is 10.5 Å². The van der Waals surface area contributed by atoms with Crippen LogP contribution in [0.15, 0.2) is 93.2 Å². The van der Waals surface area contributed by atoms with Gasteiger partial charge in [0, 0.05) is 10.6 Å². The average molecular weight is 472 g/mol. The maximum atomic E-state index is 13.5. The molecule has 2 aromatic heterocycles. The monoisotopic (exact) mass is 471 g/mol. The number of fused-ring (bicyclic) bond motifs is 1. The van der Waals surface area contributed by atoms with Gasteiger partial charge in [-0.2, -0.15) is 0 Å². The Morgan fingerprint density at radius 1 is 1.03 bits per heavy atom. The Kier molecular flexibility index (Phi) is 5.66. The third-order valence-electron chi connectivity index (χ3n) is 5.57. The third kappa shape index (κ3) is 4.01. The summed E-state index contributed by atoms with van der Waals surface area (Å²) in [4.78, 5) is 33.3. The van der Waals surface area contributed by atoms with Gasteiger partial charge in [0.25, 0.3) is 11.5 Å². The molecule has 1 N–H and O–H groups in total. The maximum Gasteiger partial charge on any atom is 0.271 e. The molecule has 0 saturated carbocycles. The van der Waals surface area contributed by atoms with Crippen molar-refractivity contribution >= 4 is 40.3 Å². The second kappa shape index (κ2) is 8.77. The fourth-order valence-electron chi connectivity index (χ4n) is 3.93. The van der Waals surface area contributed by atoms with Gasteiger partial charge < -0.3 is 5.32 Å². The summed E-state index contributed by atoms with van der Waals surface area (Å²) >= 11 is 2.88. The van der Waals surface area contributed by atoms with Crippen molar-refractivity contribution in [3.05, 3.63) is 119 Å². The molecule has 0 spiro atoms. The molecule has 0 aliphatic carbocycles. The fourth-order valence-corrected chi connectivity index (χ4v) is 5.80. The lowest BCUT2D eigenvalue weighted by Gasteiger charge is -2.24. The minimum atomic E-state index is -0.525. The van der Waals surface area contributed by atoms with Gasteiger partial charge in [-0.25, -0.2) is 4.99 Å². The van der Waals surface area contributed by atoms with Crippen LogP contribution in [0.25, 0.3) is 6.08 Å². The van der Waals surface area contributed by atoms with Crippen LogP contribution in [0.4, 0.5) is 5.69 Å². The number of aromatic nitrogens is 1. The molecule has 0 unspecified atom stereocenters. The summed E-state index contributed by atoms with van der Waals surface area (Å²) in [6.07, 6.45) is 1.88. The van der Waals surface area contributed by atoms with Crippen LogP contribution in [0, 0.1) is 6.92 Å². The van der Waals surface area contributed by atoms with Crippen LogP contribution in [-0.2, 0) is 4.79 Å². The van der Waals surface area contributed by atoms with E-state index in [-0.39, 0.29) is 11.5 Å². The molecular weight excluding hydrogens is 450 g/mol. The third-order valence-corrected chi connectivity index (χ3v) is 7.48. The standard InChI is InChI=1S/C26H21N3O2S2/c1-16-9-6-7-12-19(16)28-24(30)22-17(2)27-26-29(23(22)20-13-8-14-32-20)25(31)21(33-26)15-18-10-4-3-5-11-18/h3-15,23H,1-2H3,(H,28,30)/b21-15+/t23-/m0/s1. The lowest BCUT2D eigenvalue weighted by Crippen LogP contribution is -2.40. The van der Waals surface area contributed by atoms with E-state index >= 15 is 0 Å². The van der Waals surface area contributed by atoms with Crippen molar-refractivity contribution in [1.82, 2.24) is 4.57 Å². The predicted octanol–water partition coefficient (Wildman–Crippen LogP) is 4.24. The summed E-state index contributed by atoms with van der Waals surface area (Å²) < 4.78 is 2.25. The Labute approximate surface area is 198 Å². The van der Waals surface area contributed by atoms with Crippen molar-refractivity contribution in [2.45, 2.75) is 19.9 Å². The molecule has 0 saturated heterocycles. The van der Waals surface area contributed by atoms with Crippen LogP contribution in [0.2, 0.25) is 0 Å². The molecule has 2 aromatic carbocycles. The molecule has 1 amide bonds. The number of allylic oxidation sites excluding steroid dienone is 1. The van der Waals surface area contributed by atoms with E-state index in [9.17, 15) is 9.59 Å². The van der Waals surface area contributed by atoms with Gasteiger partial charge in [-0.05, 0) is 48.6 Å². The molecule has 0 fully saturated rings. The van der Waals surface area contributed by atoms with E-state index in [4.69, 9.17) is 0 Å². The van der Waals surface area contributed by atoms with Gasteiger partial charge in [0.15, 0.2) is 4.80 Å². The zero-order valence-corrected chi connectivity index (χ0v) is 19.7. The molecule has 1 aliphatic heterocycles. The van der Waals surface area contributed by atoms with E-state index in [1.807, 2.05) is 92.0 Å². The average Bonchev–Trinajstić information content (AvgIpc) is 3.44. The Hall–Kier alpha value is -3.55. The normalized spacial score (nSPS) is 15.8. The highest BCUT2D eigenvalue weighted by molar-refractivity contribution is 7.10. The Morgan fingerprint density at radius 3 is 2.52 bits per heavy atom. The minimum absolute atomic E-state index is 0.144. The smallest absolute Gasteiger partial charge is 0.271 e. The number of nitrogens with zero attached hydrogens (tertiary/aromatic N) is 2. The zero-order valence-electron chi connectivity index (χ0n) is 18.1. The van der Waals surface area contributed by atoms with Crippen molar-refractivity contribution in [1.29, 1.82) is 0 Å². The van der Waals surface area contributed by atoms with E-state index in [0.717, 1.165) is 21.7 Å². The SMILES string of the molecule is CC1=C(C(=O)Nc2ccccc2C)[C@H](c2cccs2)n2c(s/c(=C/c3ccccc3)c2=O)=N1. The number of carbonyl (C=O) groups is 1. The van der Waals surface area contributed by atoms with Gasteiger partial charge in [0.2, 0.25) is 0 Å². The van der Waals surface area contributed by atoms with Gasteiger partial charge in [0.05, 0.1) is 15.8 Å². The Bertz CT molecular complexity index is 1550. The largest absolute Gasteiger partial charge is 0.322 e. The molecule has 5 rings (SSSR count). The summed E-state index contributed by atoms with van der Waals surface area (Å²) in [7, 11) is 0. The minimum Gasteiger partial charge on any atom is -0.322 e. The quantitative estimate of drug-likeness (QED) is 0.484. The van der Waals surface area contributed by atoms with E-state index in [2.05, 4.69) is 10.3 Å². The van der Waals surface area contributed by atoms with Gasteiger partial charge in [-0.15, -0.1) is 11.3 Å². The van der Waals surface area contributed by atoms with Crippen LogP contribution < -0.4 is 20.2 Å². The first-order valence-electron chi connectivity index (χ1n) is 10.5. The van der Waals surface area contributed by atoms with Gasteiger partial charge in [-0.1, -0.05) is 65.9 Å². The van der Waals surface area contributed by atoms with E-state index < -0.39 is 6.04 Å². The van der Waals surface area contributed by atoms with E-state index in [0.29, 0.717) is 20.6 Å². The molecule has 1 atom stereocenters. The summed E-state index contributed by atoms with van der Waals surface area (Å²) in [5.74, 6) is -0.249. The van der Waals surface area contributed by atoms with Crippen LogP contribution >= 0.6 is 22.7 Å².